The SMILES string of the molecule is COC(=O)C(=O)/C=C/c1ccc(Br)cc1.COC(=O)c1cc(-c2ccc(Br)cc2)c2c(=O)[nH]n(C3CCCCC3)c2n1.Nc1cc(=O)[nH]n1C1CCCCC1. The van der Waals surface area contributed by atoms with Crippen LogP contribution in [0.5, 0.6) is 0 Å². The third-order valence-electron chi connectivity index (χ3n) is 9.58. The number of hydrogen-bond acceptors (Lipinski definition) is 9. The summed E-state index contributed by atoms with van der Waals surface area (Å²) in [6.07, 6.45) is 14.3. The molecule has 3 heterocycles. The number of nitrogens with zero attached hydrogens (tertiary/aromatic N) is 3. The number of carbonyl (C=O) groups excluding carboxylic acids is 3. The Morgan fingerprint density at radius 2 is 1.35 bits per heavy atom. The molecule has 4 N–H and O–H groups in total. The van der Waals surface area contributed by atoms with Gasteiger partial charge < -0.3 is 15.2 Å². The number of benzene rings is 2. The Labute approximate surface area is 334 Å². The van der Waals surface area contributed by atoms with Crippen molar-refractivity contribution in [3.63, 3.8) is 0 Å². The van der Waals surface area contributed by atoms with E-state index < -0.39 is 17.7 Å². The number of ketones is 1. The third kappa shape index (κ3) is 10.8. The molecule has 2 aromatic carbocycles. The molecular formula is C40H44Br2N6O7. The van der Waals surface area contributed by atoms with Crippen LogP contribution in [0.25, 0.3) is 28.2 Å². The molecule has 2 saturated carbocycles. The predicted octanol–water partition coefficient (Wildman–Crippen LogP) is 7.91. The van der Waals surface area contributed by atoms with Crippen LogP contribution in [0.15, 0.2) is 85.3 Å². The van der Waals surface area contributed by atoms with Crippen molar-refractivity contribution in [2.24, 2.45) is 0 Å². The van der Waals surface area contributed by atoms with Gasteiger partial charge >= 0.3 is 11.9 Å². The lowest BCUT2D eigenvalue weighted by atomic mass is 9.95. The van der Waals surface area contributed by atoms with Gasteiger partial charge in [-0.2, -0.15) is 0 Å². The van der Waals surface area contributed by atoms with Crippen LogP contribution in [0.2, 0.25) is 0 Å². The average molecular weight is 881 g/mol. The van der Waals surface area contributed by atoms with Crippen molar-refractivity contribution in [1.29, 1.82) is 0 Å². The highest BCUT2D eigenvalue weighted by Gasteiger charge is 2.24. The molecular weight excluding hydrogens is 836 g/mol. The predicted molar refractivity (Wildman–Crippen MR) is 219 cm³/mol. The van der Waals surface area contributed by atoms with Gasteiger partial charge in [0.25, 0.3) is 16.9 Å². The fourth-order valence-electron chi connectivity index (χ4n) is 6.79. The summed E-state index contributed by atoms with van der Waals surface area (Å²) in [5, 5.41) is 6.23. The Morgan fingerprint density at radius 3 is 1.87 bits per heavy atom. The second-order valence-electron chi connectivity index (χ2n) is 13.3. The van der Waals surface area contributed by atoms with Crippen LogP contribution in [-0.2, 0) is 19.1 Å². The van der Waals surface area contributed by atoms with E-state index in [1.807, 2.05) is 57.9 Å². The summed E-state index contributed by atoms with van der Waals surface area (Å²) in [4.78, 5) is 62.3. The van der Waals surface area contributed by atoms with Gasteiger partial charge in [-0.3, -0.25) is 33.9 Å². The summed E-state index contributed by atoms with van der Waals surface area (Å²) in [5.74, 6) is -1.47. The highest BCUT2D eigenvalue weighted by atomic mass is 79.9. The van der Waals surface area contributed by atoms with E-state index in [1.165, 1.54) is 52.0 Å². The zero-order valence-electron chi connectivity index (χ0n) is 30.7. The number of nitrogens with one attached hydrogen (secondary N) is 2. The van der Waals surface area contributed by atoms with E-state index in [2.05, 4.69) is 51.8 Å². The molecule has 0 unspecified atom stereocenters. The lowest BCUT2D eigenvalue weighted by Crippen LogP contribution is -2.17. The number of fused-ring (bicyclic) bond motifs is 1. The summed E-state index contributed by atoms with van der Waals surface area (Å²) < 4.78 is 14.7. The number of nitrogen functional groups attached to an aromatic ring is 1. The molecule has 2 aliphatic carbocycles. The molecule has 0 amide bonds. The Morgan fingerprint density at radius 1 is 0.782 bits per heavy atom. The van der Waals surface area contributed by atoms with E-state index in [4.69, 9.17) is 10.5 Å². The number of nitrogens with two attached hydrogens (primary N) is 1. The molecule has 2 fully saturated rings. The zero-order chi connectivity index (χ0) is 39.5. The van der Waals surface area contributed by atoms with Gasteiger partial charge in [-0.1, -0.05) is 101 Å². The molecule has 2 aliphatic rings. The van der Waals surface area contributed by atoms with Crippen LogP contribution in [0.4, 0.5) is 5.82 Å². The van der Waals surface area contributed by atoms with Gasteiger partial charge in [0.2, 0.25) is 0 Å². The quantitative estimate of drug-likeness (QED) is 0.0831. The molecule has 15 heteroatoms. The van der Waals surface area contributed by atoms with E-state index >= 15 is 0 Å². The number of pyridine rings is 1. The van der Waals surface area contributed by atoms with E-state index in [9.17, 15) is 24.0 Å². The topological polar surface area (TPSA) is 184 Å². The molecule has 5 aromatic rings. The van der Waals surface area contributed by atoms with Crippen LogP contribution in [0.3, 0.4) is 0 Å². The number of esters is 2. The second kappa shape index (κ2) is 19.5. The van der Waals surface area contributed by atoms with E-state index in [1.54, 1.807) is 12.1 Å². The van der Waals surface area contributed by atoms with Gasteiger partial charge in [0.15, 0.2) is 11.3 Å². The Hall–Kier alpha value is -5.02. The van der Waals surface area contributed by atoms with Crippen LogP contribution >= 0.6 is 31.9 Å². The first kappa shape index (κ1) is 41.1. The van der Waals surface area contributed by atoms with Gasteiger partial charge in [-0.05, 0) is 73.2 Å². The Kier molecular flexibility index (Phi) is 14.6. The first-order valence-corrected chi connectivity index (χ1v) is 19.7. The molecule has 0 atom stereocenters. The molecule has 3 aromatic heterocycles. The number of hydrogen-bond donors (Lipinski definition) is 3. The monoisotopic (exact) mass is 878 g/mol. The van der Waals surface area contributed by atoms with Gasteiger partial charge in [-0.15, -0.1) is 0 Å². The lowest BCUT2D eigenvalue weighted by molar-refractivity contribution is -0.149. The fraction of sp³-hybridized carbons (Fsp3) is 0.350. The minimum absolute atomic E-state index is 0.0944. The Bertz CT molecular complexity index is 2240. The van der Waals surface area contributed by atoms with Gasteiger partial charge in [0.05, 0.1) is 31.7 Å². The summed E-state index contributed by atoms with van der Waals surface area (Å²) in [5.41, 5.74) is 8.52. The van der Waals surface area contributed by atoms with Crippen LogP contribution < -0.4 is 16.9 Å². The smallest absolute Gasteiger partial charge is 0.378 e. The molecule has 7 rings (SSSR count). The highest BCUT2D eigenvalue weighted by Crippen LogP contribution is 2.33. The largest absolute Gasteiger partial charge is 0.464 e. The first-order valence-electron chi connectivity index (χ1n) is 18.1. The molecule has 0 bridgehead atoms. The number of rotatable bonds is 7. The van der Waals surface area contributed by atoms with E-state index in [0.717, 1.165) is 58.6 Å². The Balaban J connectivity index is 0.000000175. The number of ether oxygens (including phenoxy) is 2. The zero-order valence-corrected chi connectivity index (χ0v) is 33.9. The van der Waals surface area contributed by atoms with Crippen LogP contribution in [-0.4, -0.2) is 56.5 Å². The van der Waals surface area contributed by atoms with Crippen LogP contribution in [0, 0.1) is 0 Å². The van der Waals surface area contributed by atoms with Crippen molar-refractivity contribution in [3.8, 4) is 11.1 Å². The minimum Gasteiger partial charge on any atom is -0.464 e. The van der Waals surface area contributed by atoms with Crippen LogP contribution in [0.1, 0.15) is 92.3 Å². The molecule has 0 saturated heterocycles. The number of carbonyl (C=O) groups is 3. The van der Waals surface area contributed by atoms with Gasteiger partial charge in [-0.25, -0.2) is 14.6 Å². The van der Waals surface area contributed by atoms with Gasteiger partial charge in [0, 0.05) is 20.6 Å². The summed E-state index contributed by atoms with van der Waals surface area (Å²) in [7, 11) is 2.51. The molecule has 0 spiro atoms. The summed E-state index contributed by atoms with van der Waals surface area (Å²) in [6, 6.07) is 18.7. The van der Waals surface area contributed by atoms with E-state index in [0.29, 0.717) is 28.5 Å². The lowest BCUT2D eigenvalue weighted by Gasteiger charge is -2.23. The van der Waals surface area contributed by atoms with E-state index in [-0.39, 0.29) is 22.9 Å². The molecule has 0 radical (unpaired) electrons. The number of methoxy groups -OCH3 is 2. The molecule has 0 aliphatic heterocycles. The summed E-state index contributed by atoms with van der Waals surface area (Å²) >= 11 is 6.72. The second-order valence-corrected chi connectivity index (χ2v) is 15.1. The fourth-order valence-corrected chi connectivity index (χ4v) is 7.32. The summed E-state index contributed by atoms with van der Waals surface area (Å²) in [6.45, 7) is 0. The van der Waals surface area contributed by atoms with Crippen molar-refractivity contribution in [2.75, 3.05) is 20.0 Å². The van der Waals surface area contributed by atoms with Crippen molar-refractivity contribution >= 4 is 72.5 Å². The van der Waals surface area contributed by atoms with Crippen molar-refractivity contribution < 1.29 is 23.9 Å². The molecule has 290 valence electrons. The molecule has 13 nitrogen and oxygen atoms in total. The number of halogens is 2. The number of aromatic amines is 2. The molecule has 55 heavy (non-hydrogen) atoms. The number of aromatic nitrogens is 5. The third-order valence-corrected chi connectivity index (χ3v) is 10.6. The maximum absolute atomic E-state index is 12.8. The normalized spacial score (nSPS) is 14.8. The van der Waals surface area contributed by atoms with Gasteiger partial charge in [0.1, 0.15) is 5.82 Å². The standard InChI is InChI=1S/C20H20BrN3O3.C11H9BrO3.C9H15N3O/c1-27-20(26)16-11-15(12-7-9-13(21)10-8-12)17-18(22-16)24(23-19(17)25)14-5-3-2-4-6-14;1-15-11(14)10(13)7-4-8-2-5-9(12)6-3-8;10-8-6-9(13)11-12(8)7-4-2-1-3-5-7/h7-11,14H,2-6H2,1H3,(H,23,25);2-7H,1H3;6-7H,1-5,10H2,(H,11,13)/b;7-4+;. The first-order chi connectivity index (χ1) is 26.5. The van der Waals surface area contributed by atoms with Crippen molar-refractivity contribution in [3.05, 3.63) is 108 Å². The maximum atomic E-state index is 12.8. The highest BCUT2D eigenvalue weighted by molar-refractivity contribution is 9.10. The average Bonchev–Trinajstić information content (AvgIpc) is 3.74. The maximum Gasteiger partial charge on any atom is 0.378 e. The number of anilines is 1. The minimum atomic E-state index is -0.858. The number of H-pyrrole nitrogens is 2. The van der Waals surface area contributed by atoms with Crippen molar-refractivity contribution in [2.45, 2.75) is 76.3 Å². The van der Waals surface area contributed by atoms with Crippen molar-refractivity contribution in [1.82, 2.24) is 24.5 Å².